The Hall–Kier alpha value is -5.54. The van der Waals surface area contributed by atoms with Crippen molar-refractivity contribution >= 4 is 163 Å². The molecule has 1 heterocycles. The fourth-order valence-corrected chi connectivity index (χ4v) is 9.38. The van der Waals surface area contributed by atoms with Crippen LogP contribution >= 0.6 is 0 Å². The molecule has 55 heavy (non-hydrogen) atoms. The standard InChI is InChI=1S/C44H37B9O2/c45-35-31(36(46)40(50)41(51)39(35)49)20-14-12-19(13-15-20)30-22-6-1-3-8-24(22)33(25-9-4-2-7-23(25)30)26-10-5-11-29-34(26)27-18-21(16-17-28(27)55-29)32-37(47)42(52)44(54)43(53)38(32)48/h1-18,54H,45-53H2. The van der Waals surface area contributed by atoms with Gasteiger partial charge in [-0.25, -0.2) is 0 Å². The molecule has 0 aliphatic heterocycles. The molecule has 0 amide bonds. The molecule has 11 heteroatoms. The number of fused-ring (bicyclic) bond motifs is 5. The number of hydrogen-bond donors (Lipinski definition) is 1. The minimum Gasteiger partial charge on any atom is -0.509 e. The van der Waals surface area contributed by atoms with Crippen molar-refractivity contribution in [2.24, 2.45) is 0 Å². The van der Waals surface area contributed by atoms with E-state index in [9.17, 15) is 5.11 Å². The van der Waals surface area contributed by atoms with E-state index in [1.165, 1.54) is 82.2 Å². The SMILES string of the molecule is Bc1c(B)c(B)c(-c2ccc(-c3c4ccccc4c(-c4cccc5oc6ccc(-c7c(B)c(B)c(O)c(B)c7B)cc6c45)c4ccccc34)cc2)c(B)c1B. The zero-order valence-electron chi connectivity index (χ0n) is 33.2. The maximum Gasteiger partial charge on any atom is 0.143 e. The normalized spacial score (nSPS) is 11.6. The second kappa shape index (κ2) is 13.1. The third kappa shape index (κ3) is 5.23. The first-order chi connectivity index (χ1) is 26.5. The third-order valence-electron chi connectivity index (χ3n) is 13.0. The Morgan fingerprint density at radius 1 is 0.345 bits per heavy atom. The molecular formula is C44H37B9O2. The Morgan fingerprint density at radius 2 is 0.782 bits per heavy atom. The van der Waals surface area contributed by atoms with Crippen LogP contribution in [0.25, 0.3) is 88.0 Å². The fourth-order valence-electron chi connectivity index (χ4n) is 9.38. The summed E-state index contributed by atoms with van der Waals surface area (Å²) in [6, 6.07) is 40.0. The van der Waals surface area contributed by atoms with Gasteiger partial charge in [0.25, 0.3) is 0 Å². The van der Waals surface area contributed by atoms with E-state index in [4.69, 9.17) is 4.42 Å². The lowest BCUT2D eigenvalue weighted by atomic mass is 9.59. The Kier molecular flexibility index (Phi) is 8.35. The van der Waals surface area contributed by atoms with E-state index in [1.807, 2.05) is 15.7 Å². The van der Waals surface area contributed by atoms with Crippen molar-refractivity contribution in [3.63, 3.8) is 0 Å². The van der Waals surface area contributed by atoms with E-state index in [-0.39, 0.29) is 0 Å². The molecule has 1 aromatic heterocycles. The monoisotopic (exact) mass is 696 g/mol. The van der Waals surface area contributed by atoms with Crippen molar-refractivity contribution in [3.8, 4) is 50.3 Å². The third-order valence-corrected chi connectivity index (χ3v) is 13.0. The summed E-state index contributed by atoms with van der Waals surface area (Å²) in [5.74, 6) is 0.385. The van der Waals surface area contributed by atoms with Crippen molar-refractivity contribution in [3.05, 3.63) is 109 Å². The molecule has 0 fully saturated rings. The van der Waals surface area contributed by atoms with Crippen LogP contribution in [0.2, 0.25) is 0 Å². The summed E-state index contributed by atoms with van der Waals surface area (Å²) >= 11 is 0. The summed E-state index contributed by atoms with van der Waals surface area (Å²) in [6.07, 6.45) is 0. The average molecular weight is 695 g/mol. The van der Waals surface area contributed by atoms with Crippen molar-refractivity contribution in [2.75, 3.05) is 0 Å². The van der Waals surface area contributed by atoms with Gasteiger partial charge in [-0.15, -0.1) is 16.4 Å². The quantitative estimate of drug-likeness (QED) is 0.154. The number of hydrogen-bond acceptors (Lipinski definition) is 2. The highest BCUT2D eigenvalue weighted by Gasteiger charge is 2.22. The molecule has 8 aromatic carbocycles. The molecule has 0 atom stereocenters. The molecule has 1 N–H and O–H groups in total. The Balaban J connectivity index is 1.29. The van der Waals surface area contributed by atoms with E-state index in [0.717, 1.165) is 54.9 Å². The second-order valence-electron chi connectivity index (χ2n) is 15.6. The lowest BCUT2D eigenvalue weighted by molar-refractivity contribution is 0.484. The summed E-state index contributed by atoms with van der Waals surface area (Å²) in [6.45, 7) is 0. The van der Waals surface area contributed by atoms with Crippen LogP contribution in [-0.2, 0) is 0 Å². The topological polar surface area (TPSA) is 33.4 Å². The smallest absolute Gasteiger partial charge is 0.143 e. The molecule has 0 bridgehead atoms. The van der Waals surface area contributed by atoms with Crippen LogP contribution in [0.5, 0.6) is 5.75 Å². The average Bonchev–Trinajstić information content (AvgIpc) is 3.59. The van der Waals surface area contributed by atoms with Gasteiger partial charge in [-0.2, -0.15) is 0 Å². The minimum atomic E-state index is 0.385. The predicted octanol–water partition coefficient (Wildman–Crippen LogP) is -3.41. The number of benzene rings is 8. The highest BCUT2D eigenvalue weighted by atomic mass is 16.3. The minimum absolute atomic E-state index is 0.385. The first kappa shape index (κ1) is 35.2. The van der Waals surface area contributed by atoms with Gasteiger partial charge in [-0.3, -0.25) is 0 Å². The van der Waals surface area contributed by atoms with Crippen LogP contribution in [0.4, 0.5) is 0 Å². The van der Waals surface area contributed by atoms with Crippen LogP contribution in [0, 0.1) is 0 Å². The maximum atomic E-state index is 10.8. The van der Waals surface area contributed by atoms with Crippen molar-refractivity contribution in [1.29, 1.82) is 0 Å². The van der Waals surface area contributed by atoms with Gasteiger partial charge in [0.15, 0.2) is 0 Å². The summed E-state index contributed by atoms with van der Waals surface area (Å²) in [5.41, 5.74) is 22.4. The first-order valence-electron chi connectivity index (χ1n) is 19.3. The zero-order chi connectivity index (χ0) is 38.4. The van der Waals surface area contributed by atoms with E-state index >= 15 is 0 Å². The number of phenols is 1. The van der Waals surface area contributed by atoms with Gasteiger partial charge in [0.1, 0.15) is 87.5 Å². The highest BCUT2D eigenvalue weighted by molar-refractivity contribution is 6.68. The van der Waals surface area contributed by atoms with Gasteiger partial charge in [0.2, 0.25) is 0 Å². The number of phenolic OH excluding ortho intramolecular Hbond substituents is 1. The zero-order valence-corrected chi connectivity index (χ0v) is 33.2. The molecule has 0 aliphatic rings. The molecule has 0 saturated heterocycles. The molecule has 2 nitrogen and oxygen atoms in total. The van der Waals surface area contributed by atoms with E-state index in [2.05, 4.69) is 164 Å². The summed E-state index contributed by atoms with van der Waals surface area (Å²) in [7, 11) is 19.5. The Bertz CT molecular complexity index is 2980. The molecule has 0 spiro atoms. The predicted molar refractivity (Wildman–Crippen MR) is 266 cm³/mol. The molecule has 0 radical (unpaired) electrons. The highest BCUT2D eigenvalue weighted by Crippen LogP contribution is 2.47. The van der Waals surface area contributed by atoms with Crippen molar-refractivity contribution < 1.29 is 9.52 Å². The van der Waals surface area contributed by atoms with Crippen molar-refractivity contribution in [1.82, 2.24) is 0 Å². The lowest BCUT2D eigenvalue weighted by Gasteiger charge is -2.21. The van der Waals surface area contributed by atoms with Crippen molar-refractivity contribution in [2.45, 2.75) is 0 Å². The largest absolute Gasteiger partial charge is 0.509 e. The van der Waals surface area contributed by atoms with Gasteiger partial charge in [0.05, 0.1) is 0 Å². The van der Waals surface area contributed by atoms with Gasteiger partial charge in [0, 0.05) is 10.8 Å². The Morgan fingerprint density at radius 3 is 1.33 bits per heavy atom. The molecule has 0 unspecified atom stereocenters. The number of aromatic hydroxyl groups is 1. The summed E-state index contributed by atoms with van der Waals surface area (Å²) < 4.78 is 6.60. The van der Waals surface area contributed by atoms with E-state index in [0.29, 0.717) is 5.75 Å². The second-order valence-corrected chi connectivity index (χ2v) is 15.6. The van der Waals surface area contributed by atoms with Crippen LogP contribution in [0.15, 0.2) is 114 Å². The summed E-state index contributed by atoms with van der Waals surface area (Å²) in [4.78, 5) is 0. The van der Waals surface area contributed by atoms with Gasteiger partial charge < -0.3 is 9.52 Å². The van der Waals surface area contributed by atoms with Crippen LogP contribution < -0.4 is 49.2 Å². The van der Waals surface area contributed by atoms with Crippen LogP contribution in [0.3, 0.4) is 0 Å². The Labute approximate surface area is 330 Å². The lowest BCUT2D eigenvalue weighted by Crippen LogP contribution is -2.55. The molecule has 9 rings (SSSR count). The fraction of sp³-hybridized carbons (Fsp3) is 0. The van der Waals surface area contributed by atoms with Crippen LogP contribution in [-0.4, -0.2) is 75.7 Å². The van der Waals surface area contributed by atoms with Gasteiger partial charge >= 0.3 is 0 Å². The molecule has 252 valence electrons. The number of rotatable bonds is 4. The number of furan rings is 1. The maximum absolute atomic E-state index is 10.8. The van der Waals surface area contributed by atoms with E-state index < -0.39 is 0 Å². The first-order valence-corrected chi connectivity index (χ1v) is 19.3. The van der Waals surface area contributed by atoms with Gasteiger partial charge in [-0.1, -0.05) is 124 Å². The summed E-state index contributed by atoms with van der Waals surface area (Å²) in [5, 5.41) is 17.9. The van der Waals surface area contributed by atoms with E-state index in [1.54, 1.807) is 0 Å². The molecular weight excluding hydrogens is 658 g/mol. The molecule has 0 saturated carbocycles. The molecule has 9 aromatic rings. The van der Waals surface area contributed by atoms with Gasteiger partial charge in [-0.05, 0) is 84.3 Å². The van der Waals surface area contributed by atoms with Crippen LogP contribution in [0.1, 0.15) is 0 Å². The molecule has 0 aliphatic carbocycles.